The molecule has 0 bridgehead atoms. The highest BCUT2D eigenvalue weighted by molar-refractivity contribution is 7.15. The van der Waals surface area contributed by atoms with Gasteiger partial charge < -0.3 is 14.8 Å². The van der Waals surface area contributed by atoms with E-state index < -0.39 is 24.5 Å². The number of nitrogens with zero attached hydrogens (tertiary/aromatic N) is 3. The molecule has 35 heavy (non-hydrogen) atoms. The van der Waals surface area contributed by atoms with Gasteiger partial charge in [0.05, 0.1) is 18.4 Å². The van der Waals surface area contributed by atoms with E-state index in [9.17, 15) is 14.4 Å². The Kier molecular flexibility index (Phi) is 7.21. The van der Waals surface area contributed by atoms with Crippen molar-refractivity contribution in [3.63, 3.8) is 0 Å². The molecule has 0 radical (unpaired) electrons. The van der Waals surface area contributed by atoms with Crippen LogP contribution in [0.1, 0.15) is 47.5 Å². The van der Waals surface area contributed by atoms with E-state index in [4.69, 9.17) is 9.47 Å². The van der Waals surface area contributed by atoms with Gasteiger partial charge in [0.15, 0.2) is 12.3 Å². The van der Waals surface area contributed by atoms with Gasteiger partial charge in [0, 0.05) is 28.6 Å². The molecule has 1 amide bonds. The summed E-state index contributed by atoms with van der Waals surface area (Å²) in [6, 6.07) is 11.1. The summed E-state index contributed by atoms with van der Waals surface area (Å²) in [6.07, 6.45) is 3.03. The summed E-state index contributed by atoms with van der Waals surface area (Å²) in [4.78, 5) is 42.0. The Morgan fingerprint density at radius 1 is 1.09 bits per heavy atom. The third-order valence-corrected chi connectivity index (χ3v) is 6.00. The number of hydrogen-bond donors (Lipinski definition) is 1. The fraction of sp³-hybridized carbons (Fsp3) is 0.240. The molecule has 0 aliphatic carbocycles. The van der Waals surface area contributed by atoms with Gasteiger partial charge in [-0.05, 0) is 32.4 Å². The van der Waals surface area contributed by atoms with Crippen LogP contribution in [-0.2, 0) is 14.3 Å². The first kappa shape index (κ1) is 24.1. The van der Waals surface area contributed by atoms with Gasteiger partial charge in [0.2, 0.25) is 0 Å². The zero-order chi connectivity index (χ0) is 24.9. The molecule has 0 aliphatic heterocycles. The number of anilines is 1. The molecule has 0 saturated carbocycles. The molecule has 0 saturated heterocycles. The molecule has 4 aromatic rings. The minimum atomic E-state index is -0.686. The zero-order valence-corrected chi connectivity index (χ0v) is 20.3. The third-order valence-electron chi connectivity index (χ3n) is 5.10. The summed E-state index contributed by atoms with van der Waals surface area (Å²) in [5.41, 5.74) is 2.61. The number of thiophene rings is 1. The Labute approximate surface area is 205 Å². The summed E-state index contributed by atoms with van der Waals surface area (Å²) in [7, 11) is 0. The van der Waals surface area contributed by atoms with E-state index in [1.807, 2.05) is 44.2 Å². The lowest BCUT2D eigenvalue weighted by Gasteiger charge is -2.09. The Balaban J connectivity index is 1.46. The summed E-state index contributed by atoms with van der Waals surface area (Å²) >= 11 is 1.20. The molecule has 0 aliphatic rings. The number of esters is 2. The van der Waals surface area contributed by atoms with Crippen molar-refractivity contribution in [2.75, 3.05) is 18.5 Å². The third kappa shape index (κ3) is 5.22. The Morgan fingerprint density at radius 3 is 2.57 bits per heavy atom. The van der Waals surface area contributed by atoms with Gasteiger partial charge in [-0.3, -0.25) is 4.79 Å². The van der Waals surface area contributed by atoms with E-state index in [1.165, 1.54) is 17.5 Å². The van der Waals surface area contributed by atoms with Crippen molar-refractivity contribution in [3.05, 3.63) is 65.3 Å². The lowest BCUT2D eigenvalue weighted by molar-refractivity contribution is -0.119. The van der Waals surface area contributed by atoms with Crippen molar-refractivity contribution >= 4 is 45.2 Å². The normalized spacial score (nSPS) is 11.0. The first-order chi connectivity index (χ1) is 16.9. The van der Waals surface area contributed by atoms with Crippen LogP contribution in [0.2, 0.25) is 0 Å². The number of nitrogens with one attached hydrogen (secondary N) is 1. The highest BCUT2D eigenvalue weighted by Crippen LogP contribution is 2.36. The van der Waals surface area contributed by atoms with Crippen molar-refractivity contribution in [1.82, 2.24) is 14.8 Å². The molecule has 9 nitrogen and oxygen atoms in total. The van der Waals surface area contributed by atoms with E-state index in [0.717, 1.165) is 5.56 Å². The van der Waals surface area contributed by atoms with Crippen LogP contribution < -0.4 is 5.32 Å². The molecule has 4 rings (SSSR count). The van der Waals surface area contributed by atoms with E-state index in [1.54, 1.807) is 29.2 Å². The highest BCUT2D eigenvalue weighted by atomic mass is 32.1. The van der Waals surface area contributed by atoms with Crippen molar-refractivity contribution < 1.29 is 23.9 Å². The Hall–Kier alpha value is -4.05. The minimum absolute atomic E-state index is 0.126. The smallest absolute Gasteiger partial charge is 0.341 e. The number of ether oxygens (including phenoxy) is 2. The summed E-state index contributed by atoms with van der Waals surface area (Å²) < 4.78 is 12.1. The molecule has 1 N–H and O–H groups in total. The number of rotatable bonds is 8. The van der Waals surface area contributed by atoms with Crippen molar-refractivity contribution in [2.45, 2.75) is 26.8 Å². The van der Waals surface area contributed by atoms with Gasteiger partial charge in [-0.2, -0.15) is 5.10 Å². The second kappa shape index (κ2) is 10.5. The lowest BCUT2D eigenvalue weighted by Crippen LogP contribution is -2.22. The van der Waals surface area contributed by atoms with Crippen LogP contribution in [0.4, 0.5) is 5.00 Å². The molecule has 3 aromatic heterocycles. The van der Waals surface area contributed by atoms with Crippen LogP contribution >= 0.6 is 11.3 Å². The zero-order valence-electron chi connectivity index (χ0n) is 19.5. The summed E-state index contributed by atoms with van der Waals surface area (Å²) in [5, 5.41) is 9.75. The van der Waals surface area contributed by atoms with Gasteiger partial charge >= 0.3 is 11.9 Å². The number of carbonyl (C=O) groups excluding carboxylic acids is 3. The largest absolute Gasteiger partial charge is 0.462 e. The first-order valence-electron chi connectivity index (χ1n) is 11.0. The maximum atomic E-state index is 12.6. The monoisotopic (exact) mass is 492 g/mol. The summed E-state index contributed by atoms with van der Waals surface area (Å²) in [6.45, 7) is 5.35. The van der Waals surface area contributed by atoms with E-state index in [-0.39, 0.29) is 23.8 Å². The number of amides is 1. The van der Waals surface area contributed by atoms with Crippen LogP contribution in [0.3, 0.4) is 0 Å². The van der Waals surface area contributed by atoms with E-state index >= 15 is 0 Å². The van der Waals surface area contributed by atoms with E-state index in [2.05, 4.69) is 15.4 Å². The highest BCUT2D eigenvalue weighted by Gasteiger charge is 2.23. The van der Waals surface area contributed by atoms with Gasteiger partial charge in [0.25, 0.3) is 5.91 Å². The van der Waals surface area contributed by atoms with Crippen LogP contribution in [0, 0.1) is 0 Å². The fourth-order valence-corrected chi connectivity index (χ4v) is 4.47. The Bertz CT molecular complexity index is 1380. The van der Waals surface area contributed by atoms with Crippen LogP contribution in [0.25, 0.3) is 22.2 Å². The quantitative estimate of drug-likeness (QED) is 0.354. The van der Waals surface area contributed by atoms with Crippen molar-refractivity contribution in [1.29, 1.82) is 0 Å². The standard InChI is InChI=1S/C25H24N4O5S/c1-4-33-25(32)21-19(16-8-6-5-7-9-16)14-35-23(21)28-20(30)13-34-24(31)18-10-17-12-27-29(15(2)3)22(17)26-11-18/h5-12,14-15H,4,13H2,1-3H3,(H,28,30). The average Bonchev–Trinajstić information content (AvgIpc) is 3.47. The molecule has 0 fully saturated rings. The number of benzene rings is 1. The predicted octanol–water partition coefficient (Wildman–Crippen LogP) is 4.71. The molecule has 0 atom stereocenters. The van der Waals surface area contributed by atoms with Gasteiger partial charge in [-0.15, -0.1) is 11.3 Å². The minimum Gasteiger partial charge on any atom is -0.462 e. The second-order valence-electron chi connectivity index (χ2n) is 7.88. The summed E-state index contributed by atoms with van der Waals surface area (Å²) in [5.74, 6) is -1.80. The van der Waals surface area contributed by atoms with Gasteiger partial charge in [-0.25, -0.2) is 19.3 Å². The van der Waals surface area contributed by atoms with Crippen molar-refractivity contribution in [3.8, 4) is 11.1 Å². The molecule has 10 heteroatoms. The number of fused-ring (bicyclic) bond motifs is 1. The van der Waals surface area contributed by atoms with Crippen LogP contribution in [0.15, 0.2) is 54.2 Å². The maximum absolute atomic E-state index is 12.6. The van der Waals surface area contributed by atoms with Crippen LogP contribution in [0.5, 0.6) is 0 Å². The van der Waals surface area contributed by atoms with Gasteiger partial charge in [0.1, 0.15) is 10.6 Å². The predicted molar refractivity (Wildman–Crippen MR) is 133 cm³/mol. The number of carbonyl (C=O) groups is 3. The molecule has 1 aromatic carbocycles. The molecular formula is C25H24N4O5S. The SMILES string of the molecule is CCOC(=O)c1c(-c2ccccc2)csc1NC(=O)COC(=O)c1cnc2c(cnn2C(C)C)c1. The fourth-order valence-electron chi connectivity index (χ4n) is 3.49. The molecular weight excluding hydrogens is 468 g/mol. The first-order valence-corrected chi connectivity index (χ1v) is 11.9. The molecule has 180 valence electrons. The number of hydrogen-bond acceptors (Lipinski definition) is 8. The Morgan fingerprint density at radius 2 is 1.86 bits per heavy atom. The second-order valence-corrected chi connectivity index (χ2v) is 8.76. The lowest BCUT2D eigenvalue weighted by atomic mass is 10.0. The van der Waals surface area contributed by atoms with Crippen LogP contribution in [-0.4, -0.2) is 45.8 Å². The topological polar surface area (TPSA) is 112 Å². The molecule has 0 unspecified atom stereocenters. The molecule has 3 heterocycles. The average molecular weight is 493 g/mol. The number of aromatic nitrogens is 3. The van der Waals surface area contributed by atoms with Gasteiger partial charge in [-0.1, -0.05) is 30.3 Å². The molecule has 0 spiro atoms. The maximum Gasteiger partial charge on any atom is 0.341 e. The number of pyridine rings is 1. The van der Waals surface area contributed by atoms with E-state index in [0.29, 0.717) is 21.6 Å². The van der Waals surface area contributed by atoms with Crippen molar-refractivity contribution in [2.24, 2.45) is 0 Å².